The Kier molecular flexibility index (Phi) is 5.01. The number of hydrogen-bond donors (Lipinski definition) is 2. The van der Waals surface area contributed by atoms with Gasteiger partial charge in [0.1, 0.15) is 11.9 Å². The Balaban J connectivity index is 1.55. The van der Waals surface area contributed by atoms with Crippen LogP contribution in [0.25, 0.3) is 10.8 Å². The first-order valence-electron chi connectivity index (χ1n) is 9.07. The average Bonchev–Trinajstić information content (AvgIpc) is 2.65. The second-order valence-corrected chi connectivity index (χ2v) is 7.21. The first kappa shape index (κ1) is 17.8. The molecule has 1 heterocycles. The predicted octanol–water partition coefficient (Wildman–Crippen LogP) is 4.33. The highest BCUT2D eigenvalue weighted by molar-refractivity contribution is 6.33. The molecule has 1 fully saturated rings. The lowest BCUT2D eigenvalue weighted by Crippen LogP contribution is -2.50. The molecule has 0 saturated carbocycles. The maximum atomic E-state index is 12.8. The van der Waals surface area contributed by atoms with Gasteiger partial charge in [0.15, 0.2) is 0 Å². The molecule has 4 rings (SSSR count). The normalized spacial score (nSPS) is 15.2. The van der Waals surface area contributed by atoms with Crippen LogP contribution in [0.15, 0.2) is 60.7 Å². The topological polar surface area (TPSA) is 50.4 Å². The van der Waals surface area contributed by atoms with Crippen molar-refractivity contribution in [3.8, 4) is 5.75 Å². The van der Waals surface area contributed by atoms with E-state index in [4.69, 9.17) is 16.3 Å². The zero-order chi connectivity index (χ0) is 18.8. The number of amides is 1. The molecule has 0 aromatic heterocycles. The van der Waals surface area contributed by atoms with Crippen molar-refractivity contribution < 1.29 is 9.53 Å². The standard InChI is InChI=1S/C22H21ClN2O2/c1-14(18-8-4-6-15-5-2-3-7-19(15)18)25-22(26)20-11-16(9-10-21(20)23)27-17-12-24-13-17/h2-11,14,17,24H,12-13H2,1H3,(H,25,26)/t14-/m1/s1. The molecule has 3 aromatic carbocycles. The minimum atomic E-state index is -0.211. The van der Waals surface area contributed by atoms with Crippen molar-refractivity contribution in [2.75, 3.05) is 13.1 Å². The van der Waals surface area contributed by atoms with Crippen molar-refractivity contribution in [3.05, 3.63) is 76.8 Å². The summed E-state index contributed by atoms with van der Waals surface area (Å²) in [7, 11) is 0. The van der Waals surface area contributed by atoms with E-state index in [0.717, 1.165) is 29.4 Å². The monoisotopic (exact) mass is 380 g/mol. The van der Waals surface area contributed by atoms with Crippen molar-refractivity contribution in [1.29, 1.82) is 0 Å². The second kappa shape index (κ2) is 7.59. The Morgan fingerprint density at radius 1 is 1.15 bits per heavy atom. The van der Waals surface area contributed by atoms with Gasteiger partial charge in [0.2, 0.25) is 0 Å². The van der Waals surface area contributed by atoms with Gasteiger partial charge in [-0.1, -0.05) is 54.1 Å². The summed E-state index contributed by atoms with van der Waals surface area (Å²) in [4.78, 5) is 12.8. The molecule has 5 heteroatoms. The van der Waals surface area contributed by atoms with Gasteiger partial charge in [-0.15, -0.1) is 0 Å². The predicted molar refractivity (Wildman–Crippen MR) is 109 cm³/mol. The van der Waals surface area contributed by atoms with Crippen molar-refractivity contribution in [2.45, 2.75) is 19.1 Å². The quantitative estimate of drug-likeness (QED) is 0.692. The molecule has 4 nitrogen and oxygen atoms in total. The number of carbonyl (C=O) groups excluding carboxylic acids is 1. The van der Waals surface area contributed by atoms with Crippen molar-refractivity contribution in [2.24, 2.45) is 0 Å². The van der Waals surface area contributed by atoms with E-state index in [1.165, 1.54) is 0 Å². The molecular weight excluding hydrogens is 360 g/mol. The van der Waals surface area contributed by atoms with Gasteiger partial charge in [0, 0.05) is 13.1 Å². The summed E-state index contributed by atoms with van der Waals surface area (Å²) in [6.45, 7) is 3.62. The first-order chi connectivity index (χ1) is 13.1. The lowest BCUT2D eigenvalue weighted by molar-refractivity contribution is 0.0938. The number of ether oxygens (including phenoxy) is 1. The van der Waals surface area contributed by atoms with E-state index in [0.29, 0.717) is 16.3 Å². The van der Waals surface area contributed by atoms with E-state index < -0.39 is 0 Å². The van der Waals surface area contributed by atoms with Crippen LogP contribution in [0, 0.1) is 0 Å². The number of hydrogen-bond acceptors (Lipinski definition) is 3. The van der Waals surface area contributed by atoms with Crippen LogP contribution in [0.1, 0.15) is 28.9 Å². The summed E-state index contributed by atoms with van der Waals surface area (Å²) in [5.41, 5.74) is 1.50. The average molecular weight is 381 g/mol. The summed E-state index contributed by atoms with van der Waals surface area (Å²) in [6, 6.07) is 19.3. The van der Waals surface area contributed by atoms with E-state index in [1.807, 2.05) is 31.2 Å². The molecule has 0 spiro atoms. The van der Waals surface area contributed by atoms with Gasteiger partial charge in [-0.05, 0) is 41.5 Å². The molecule has 0 aliphatic carbocycles. The SMILES string of the molecule is C[C@@H](NC(=O)c1cc(OC2CNC2)ccc1Cl)c1cccc2ccccc12. The van der Waals surface area contributed by atoms with E-state index in [2.05, 4.69) is 28.8 Å². The molecular formula is C22H21ClN2O2. The summed E-state index contributed by atoms with van der Waals surface area (Å²) >= 11 is 6.27. The van der Waals surface area contributed by atoms with Crippen molar-refractivity contribution >= 4 is 28.3 Å². The van der Waals surface area contributed by atoms with Crippen LogP contribution in [-0.4, -0.2) is 25.1 Å². The van der Waals surface area contributed by atoms with E-state index in [9.17, 15) is 4.79 Å². The molecule has 1 aliphatic rings. The van der Waals surface area contributed by atoms with Gasteiger partial charge in [-0.2, -0.15) is 0 Å². The van der Waals surface area contributed by atoms with E-state index >= 15 is 0 Å². The van der Waals surface area contributed by atoms with Crippen LogP contribution in [-0.2, 0) is 0 Å². The fourth-order valence-electron chi connectivity index (χ4n) is 3.27. The van der Waals surface area contributed by atoms with Crippen LogP contribution in [0.4, 0.5) is 0 Å². The number of fused-ring (bicyclic) bond motifs is 1. The van der Waals surface area contributed by atoms with Crippen LogP contribution in [0.5, 0.6) is 5.75 Å². The highest BCUT2D eigenvalue weighted by atomic mass is 35.5. The van der Waals surface area contributed by atoms with Gasteiger partial charge in [-0.3, -0.25) is 4.79 Å². The lowest BCUT2D eigenvalue weighted by atomic mass is 9.99. The molecule has 27 heavy (non-hydrogen) atoms. The molecule has 1 aliphatic heterocycles. The number of rotatable bonds is 5. The zero-order valence-electron chi connectivity index (χ0n) is 15.0. The van der Waals surface area contributed by atoms with Crippen LogP contribution in [0.3, 0.4) is 0 Å². The van der Waals surface area contributed by atoms with Gasteiger partial charge >= 0.3 is 0 Å². The largest absolute Gasteiger partial charge is 0.488 e. The third kappa shape index (κ3) is 3.77. The summed E-state index contributed by atoms with van der Waals surface area (Å²) in [5.74, 6) is 0.450. The Morgan fingerprint density at radius 2 is 1.93 bits per heavy atom. The third-order valence-electron chi connectivity index (χ3n) is 4.87. The van der Waals surface area contributed by atoms with Gasteiger partial charge in [0.25, 0.3) is 5.91 Å². The Bertz CT molecular complexity index is 980. The molecule has 0 unspecified atom stereocenters. The van der Waals surface area contributed by atoms with Gasteiger partial charge in [-0.25, -0.2) is 0 Å². The number of benzene rings is 3. The fraction of sp³-hybridized carbons (Fsp3) is 0.227. The summed E-state index contributed by atoms with van der Waals surface area (Å²) in [5, 5.41) is 8.92. The van der Waals surface area contributed by atoms with E-state index in [1.54, 1.807) is 18.2 Å². The van der Waals surface area contributed by atoms with Crippen LogP contribution >= 0.6 is 11.6 Å². The highest BCUT2D eigenvalue weighted by Gasteiger charge is 2.20. The smallest absolute Gasteiger partial charge is 0.253 e. The Morgan fingerprint density at radius 3 is 2.70 bits per heavy atom. The number of carbonyl (C=O) groups is 1. The zero-order valence-corrected chi connectivity index (χ0v) is 15.8. The minimum absolute atomic E-state index is 0.150. The minimum Gasteiger partial charge on any atom is -0.488 e. The fourth-order valence-corrected chi connectivity index (χ4v) is 3.47. The number of nitrogens with one attached hydrogen (secondary N) is 2. The molecule has 3 aromatic rings. The molecule has 0 radical (unpaired) electrons. The van der Waals surface area contributed by atoms with Crippen molar-refractivity contribution in [1.82, 2.24) is 10.6 Å². The first-order valence-corrected chi connectivity index (χ1v) is 9.45. The molecule has 0 bridgehead atoms. The molecule has 2 N–H and O–H groups in total. The Hall–Kier alpha value is -2.56. The maximum absolute atomic E-state index is 12.8. The van der Waals surface area contributed by atoms with E-state index in [-0.39, 0.29) is 18.1 Å². The maximum Gasteiger partial charge on any atom is 0.253 e. The highest BCUT2D eigenvalue weighted by Crippen LogP contribution is 2.27. The molecule has 138 valence electrons. The molecule has 1 atom stereocenters. The van der Waals surface area contributed by atoms with Gasteiger partial charge < -0.3 is 15.4 Å². The lowest BCUT2D eigenvalue weighted by Gasteiger charge is -2.28. The number of halogens is 1. The molecule has 1 saturated heterocycles. The Labute approximate surface area is 163 Å². The van der Waals surface area contributed by atoms with Gasteiger partial charge in [0.05, 0.1) is 16.6 Å². The van der Waals surface area contributed by atoms with Crippen LogP contribution in [0.2, 0.25) is 5.02 Å². The summed E-state index contributed by atoms with van der Waals surface area (Å²) in [6.07, 6.45) is 0.150. The van der Waals surface area contributed by atoms with Crippen LogP contribution < -0.4 is 15.4 Å². The van der Waals surface area contributed by atoms with Crippen molar-refractivity contribution in [3.63, 3.8) is 0 Å². The molecule has 1 amide bonds. The second-order valence-electron chi connectivity index (χ2n) is 6.80. The third-order valence-corrected chi connectivity index (χ3v) is 5.20. The summed E-state index contributed by atoms with van der Waals surface area (Å²) < 4.78 is 5.84.